The second-order valence-electron chi connectivity index (χ2n) is 4.22. The van der Waals surface area contributed by atoms with E-state index in [2.05, 4.69) is 5.32 Å². The second-order valence-corrected chi connectivity index (χ2v) is 4.22. The number of phenolic OH excluding ortho intramolecular Hbond substituents is 1. The first-order valence-corrected chi connectivity index (χ1v) is 5.23. The molecule has 1 saturated heterocycles. The van der Waals surface area contributed by atoms with Gasteiger partial charge in [0.05, 0.1) is 5.56 Å². The van der Waals surface area contributed by atoms with E-state index in [0.29, 0.717) is 19.5 Å². The maximum absolute atomic E-state index is 10.8. The highest BCUT2D eigenvalue weighted by atomic mass is 16.4. The summed E-state index contributed by atoms with van der Waals surface area (Å²) in [6.45, 7) is 0.947. The number of β-amino-alcohol motifs (C(OH)–C–C–N with tert-alkyl or cyclic N) is 1. The number of nitrogens with one attached hydrogen (secondary N) is 1. The third-order valence-corrected chi connectivity index (χ3v) is 3.03. The highest BCUT2D eigenvalue weighted by Crippen LogP contribution is 2.36. The zero-order valence-corrected chi connectivity index (χ0v) is 9.10. The van der Waals surface area contributed by atoms with Crippen LogP contribution in [0.1, 0.15) is 22.3 Å². The molecule has 1 heterocycles. The van der Waals surface area contributed by atoms with Gasteiger partial charge in [-0.25, -0.2) is 4.79 Å². The van der Waals surface area contributed by atoms with Gasteiger partial charge in [0.25, 0.3) is 0 Å². The molecule has 0 amide bonds. The number of rotatable bonds is 2. The number of carbonyl (C=O) groups is 1. The van der Waals surface area contributed by atoms with Gasteiger partial charge in [0.2, 0.25) is 0 Å². The molecule has 1 aliphatic rings. The van der Waals surface area contributed by atoms with Crippen LogP contribution in [0.15, 0.2) is 12.1 Å². The lowest BCUT2D eigenvalue weighted by molar-refractivity contribution is 0.0559. The van der Waals surface area contributed by atoms with Gasteiger partial charge in [-0.05, 0) is 25.1 Å². The molecular weight excluding hydrogens is 224 g/mol. The summed E-state index contributed by atoms with van der Waals surface area (Å²) in [5, 5.41) is 31.9. The molecule has 1 aromatic rings. The van der Waals surface area contributed by atoms with Crippen LogP contribution < -0.4 is 11.1 Å². The van der Waals surface area contributed by atoms with E-state index in [1.54, 1.807) is 0 Å². The molecular formula is C11H14N2O4. The Morgan fingerprint density at radius 2 is 2.18 bits per heavy atom. The van der Waals surface area contributed by atoms with Gasteiger partial charge in [-0.15, -0.1) is 0 Å². The molecule has 1 atom stereocenters. The largest absolute Gasteiger partial charge is 0.508 e. The normalized spacial score (nSPS) is 23.8. The van der Waals surface area contributed by atoms with Crippen molar-refractivity contribution in [2.45, 2.75) is 12.0 Å². The van der Waals surface area contributed by atoms with Gasteiger partial charge < -0.3 is 26.4 Å². The van der Waals surface area contributed by atoms with Crippen molar-refractivity contribution in [1.29, 1.82) is 0 Å². The number of nitrogens with two attached hydrogens (primary N) is 1. The van der Waals surface area contributed by atoms with Gasteiger partial charge in [-0.1, -0.05) is 0 Å². The van der Waals surface area contributed by atoms with Crippen molar-refractivity contribution in [2.75, 3.05) is 18.8 Å². The van der Waals surface area contributed by atoms with Crippen LogP contribution in [-0.2, 0) is 5.60 Å². The molecule has 1 aliphatic heterocycles. The Morgan fingerprint density at radius 1 is 1.47 bits per heavy atom. The van der Waals surface area contributed by atoms with Crippen LogP contribution in [0.2, 0.25) is 0 Å². The molecule has 17 heavy (non-hydrogen) atoms. The minimum absolute atomic E-state index is 0.0330. The molecule has 6 heteroatoms. The molecule has 1 unspecified atom stereocenters. The van der Waals surface area contributed by atoms with Crippen LogP contribution in [0.3, 0.4) is 0 Å². The van der Waals surface area contributed by atoms with Crippen molar-refractivity contribution in [1.82, 2.24) is 5.32 Å². The minimum Gasteiger partial charge on any atom is -0.508 e. The number of hydrogen-bond acceptors (Lipinski definition) is 5. The number of aliphatic hydroxyl groups is 1. The number of aromatic hydroxyl groups is 1. The van der Waals surface area contributed by atoms with Crippen LogP contribution in [0.25, 0.3) is 0 Å². The lowest BCUT2D eigenvalue weighted by Crippen LogP contribution is -2.28. The third kappa shape index (κ3) is 1.92. The highest BCUT2D eigenvalue weighted by Gasteiger charge is 2.36. The third-order valence-electron chi connectivity index (χ3n) is 3.03. The van der Waals surface area contributed by atoms with Gasteiger partial charge in [-0.2, -0.15) is 0 Å². The van der Waals surface area contributed by atoms with E-state index in [1.165, 1.54) is 6.07 Å². The van der Waals surface area contributed by atoms with Gasteiger partial charge >= 0.3 is 5.97 Å². The first kappa shape index (κ1) is 11.7. The summed E-state index contributed by atoms with van der Waals surface area (Å²) in [4.78, 5) is 10.8. The standard InChI is InChI=1S/C11H14N2O4/c12-8-4-7(11(17)1-2-13-5-11)9(14)3-6(8)10(15)16/h3-4,13-14,17H,1-2,5,12H2,(H,15,16). The number of aromatic carboxylic acids is 1. The zero-order chi connectivity index (χ0) is 12.6. The number of benzene rings is 1. The van der Waals surface area contributed by atoms with Crippen molar-refractivity contribution in [3.63, 3.8) is 0 Å². The Kier molecular flexibility index (Phi) is 2.68. The summed E-state index contributed by atoms with van der Waals surface area (Å²) in [5.41, 5.74) is 4.54. The Hall–Kier alpha value is -1.79. The summed E-state index contributed by atoms with van der Waals surface area (Å²) < 4.78 is 0. The van der Waals surface area contributed by atoms with Gasteiger partial charge in [-0.3, -0.25) is 0 Å². The Balaban J connectivity index is 2.50. The molecule has 0 aliphatic carbocycles. The number of hydrogen-bond donors (Lipinski definition) is 5. The van der Waals surface area contributed by atoms with Crippen LogP contribution >= 0.6 is 0 Å². The molecule has 92 valence electrons. The monoisotopic (exact) mass is 238 g/mol. The van der Waals surface area contributed by atoms with E-state index in [1.807, 2.05) is 0 Å². The lowest BCUT2D eigenvalue weighted by Gasteiger charge is -2.23. The molecule has 0 saturated carbocycles. The molecule has 6 nitrogen and oxygen atoms in total. The highest BCUT2D eigenvalue weighted by molar-refractivity contribution is 5.94. The molecule has 0 radical (unpaired) electrons. The van der Waals surface area contributed by atoms with Gasteiger partial charge in [0.15, 0.2) is 0 Å². The Morgan fingerprint density at radius 3 is 2.71 bits per heavy atom. The molecule has 0 aromatic heterocycles. The summed E-state index contributed by atoms with van der Waals surface area (Å²) in [6, 6.07) is 2.40. The van der Waals surface area contributed by atoms with Crippen molar-refractivity contribution in [3.8, 4) is 5.75 Å². The predicted molar refractivity (Wildman–Crippen MR) is 60.9 cm³/mol. The molecule has 1 fully saturated rings. The first-order chi connectivity index (χ1) is 7.94. The second kappa shape index (κ2) is 3.90. The van der Waals surface area contributed by atoms with Crippen LogP contribution in [-0.4, -0.2) is 34.4 Å². The van der Waals surface area contributed by atoms with E-state index >= 15 is 0 Å². The van der Waals surface area contributed by atoms with Gasteiger partial charge in [0, 0.05) is 17.8 Å². The smallest absolute Gasteiger partial charge is 0.337 e. The maximum Gasteiger partial charge on any atom is 0.337 e. The average Bonchev–Trinajstić information content (AvgIpc) is 2.69. The summed E-state index contributed by atoms with van der Waals surface area (Å²) >= 11 is 0. The minimum atomic E-state index is -1.21. The molecule has 2 rings (SSSR count). The molecule has 0 spiro atoms. The Labute approximate surface area is 97.7 Å². The van der Waals surface area contributed by atoms with E-state index in [4.69, 9.17) is 10.8 Å². The number of nitrogen functional groups attached to an aromatic ring is 1. The summed E-state index contributed by atoms with van der Waals surface area (Å²) in [6.07, 6.45) is 0.451. The first-order valence-electron chi connectivity index (χ1n) is 5.23. The van der Waals surface area contributed by atoms with Crippen molar-refractivity contribution in [2.24, 2.45) is 0 Å². The molecule has 0 bridgehead atoms. The number of anilines is 1. The van der Waals surface area contributed by atoms with Crippen LogP contribution in [0.5, 0.6) is 5.75 Å². The van der Waals surface area contributed by atoms with Crippen LogP contribution in [0.4, 0.5) is 5.69 Å². The zero-order valence-electron chi connectivity index (χ0n) is 9.10. The van der Waals surface area contributed by atoms with E-state index in [-0.39, 0.29) is 22.6 Å². The molecule has 6 N–H and O–H groups in total. The van der Waals surface area contributed by atoms with Crippen molar-refractivity contribution in [3.05, 3.63) is 23.3 Å². The van der Waals surface area contributed by atoms with Crippen LogP contribution in [0, 0.1) is 0 Å². The SMILES string of the molecule is Nc1cc(C2(O)CCNC2)c(O)cc1C(=O)O. The van der Waals surface area contributed by atoms with Crippen molar-refractivity contribution < 1.29 is 20.1 Å². The fourth-order valence-corrected chi connectivity index (χ4v) is 2.07. The van der Waals surface area contributed by atoms with E-state index in [9.17, 15) is 15.0 Å². The van der Waals surface area contributed by atoms with Crippen molar-refractivity contribution >= 4 is 11.7 Å². The summed E-state index contributed by atoms with van der Waals surface area (Å²) in [7, 11) is 0. The maximum atomic E-state index is 10.8. The fraction of sp³-hybridized carbons (Fsp3) is 0.364. The van der Waals surface area contributed by atoms with Gasteiger partial charge in [0.1, 0.15) is 11.4 Å². The summed E-state index contributed by atoms with van der Waals surface area (Å²) in [5.74, 6) is -1.45. The lowest BCUT2D eigenvalue weighted by atomic mass is 9.90. The Bertz CT molecular complexity index is 467. The number of carboxylic acid groups (broad SMARTS) is 1. The molecule has 1 aromatic carbocycles. The number of carboxylic acids is 1. The average molecular weight is 238 g/mol. The van der Waals surface area contributed by atoms with E-state index in [0.717, 1.165) is 6.07 Å². The number of phenols is 1. The quantitative estimate of drug-likeness (QED) is 0.361. The predicted octanol–water partition coefficient (Wildman–Crippen LogP) is -0.147. The fourth-order valence-electron chi connectivity index (χ4n) is 2.07. The topological polar surface area (TPSA) is 116 Å². The van der Waals surface area contributed by atoms with E-state index < -0.39 is 11.6 Å².